The summed E-state index contributed by atoms with van der Waals surface area (Å²) in [5, 5.41) is -0.103. The number of rotatable bonds is 6. The summed E-state index contributed by atoms with van der Waals surface area (Å²) >= 11 is 1.00. The number of nitrogen functional groups attached to an aromatic ring is 1. The van der Waals surface area contributed by atoms with Crippen LogP contribution < -0.4 is 10.6 Å². The number of hydrogen-bond donors (Lipinski definition) is 1. The molecule has 0 aliphatic carbocycles. The highest BCUT2D eigenvalue weighted by atomic mass is 32.2. The van der Waals surface area contributed by atoms with Gasteiger partial charge in [-0.1, -0.05) is 0 Å². The van der Waals surface area contributed by atoms with E-state index in [0.717, 1.165) is 61.8 Å². The van der Waals surface area contributed by atoms with Crippen LogP contribution in [-0.4, -0.2) is 38.9 Å². The zero-order valence-electron chi connectivity index (χ0n) is 16.8. The van der Waals surface area contributed by atoms with Crippen molar-refractivity contribution in [3.05, 3.63) is 46.9 Å². The van der Waals surface area contributed by atoms with Gasteiger partial charge in [-0.2, -0.15) is 0 Å². The summed E-state index contributed by atoms with van der Waals surface area (Å²) in [6.07, 6.45) is 12.5. The minimum absolute atomic E-state index is 0.0185. The van der Waals surface area contributed by atoms with Gasteiger partial charge < -0.3 is 10.6 Å². The van der Waals surface area contributed by atoms with Crippen LogP contribution in [0.5, 0.6) is 0 Å². The maximum Gasteiger partial charge on any atom is 0.225 e. The van der Waals surface area contributed by atoms with Crippen LogP contribution in [-0.2, 0) is 16.0 Å². The van der Waals surface area contributed by atoms with Gasteiger partial charge >= 0.3 is 0 Å². The molecular weight excluding hydrogens is 398 g/mol. The third kappa shape index (κ3) is 5.05. The molecule has 0 bridgehead atoms. The van der Waals surface area contributed by atoms with Gasteiger partial charge in [0.1, 0.15) is 0 Å². The molecule has 0 atom stereocenters. The Balaban J connectivity index is 1.29. The van der Waals surface area contributed by atoms with E-state index in [1.54, 1.807) is 24.5 Å². The predicted octanol–water partition coefficient (Wildman–Crippen LogP) is 3.27. The van der Waals surface area contributed by atoms with E-state index in [2.05, 4.69) is 19.9 Å². The molecule has 2 saturated heterocycles. The molecule has 0 unspecified atom stereocenters. The van der Waals surface area contributed by atoms with Crippen LogP contribution in [0.1, 0.15) is 43.4 Å². The monoisotopic (exact) mass is 423 g/mol. The van der Waals surface area contributed by atoms with Gasteiger partial charge in [0, 0.05) is 37.4 Å². The zero-order chi connectivity index (χ0) is 20.9. The normalized spacial score (nSPS) is 19.1. The summed E-state index contributed by atoms with van der Waals surface area (Å²) in [5.74, 6) is 1.26. The Kier molecular flexibility index (Phi) is 6.42. The lowest BCUT2D eigenvalue weighted by Crippen LogP contribution is -2.35. The highest BCUT2D eigenvalue weighted by Gasteiger charge is 2.26. The Morgan fingerprint density at radius 2 is 2.03 bits per heavy atom. The van der Waals surface area contributed by atoms with Crippen molar-refractivity contribution < 1.29 is 9.59 Å². The van der Waals surface area contributed by atoms with Crippen molar-refractivity contribution in [2.24, 2.45) is 5.92 Å². The lowest BCUT2D eigenvalue weighted by Gasteiger charge is -2.32. The van der Waals surface area contributed by atoms with Crippen LogP contribution in [0.15, 0.2) is 35.6 Å². The molecule has 0 aromatic carbocycles. The van der Waals surface area contributed by atoms with E-state index in [0.29, 0.717) is 22.5 Å². The van der Waals surface area contributed by atoms with Crippen molar-refractivity contribution in [1.29, 1.82) is 0 Å². The highest BCUT2D eigenvalue weighted by molar-refractivity contribution is 8.18. The Morgan fingerprint density at radius 1 is 1.20 bits per heavy atom. The third-order valence-corrected chi connectivity index (χ3v) is 6.58. The summed E-state index contributed by atoms with van der Waals surface area (Å²) in [6.45, 7) is 1.85. The van der Waals surface area contributed by atoms with Gasteiger partial charge in [0.25, 0.3) is 0 Å². The zero-order valence-corrected chi connectivity index (χ0v) is 17.6. The van der Waals surface area contributed by atoms with Gasteiger partial charge in [-0.05, 0) is 73.6 Å². The molecule has 2 aromatic heterocycles. The molecule has 0 saturated carbocycles. The summed E-state index contributed by atoms with van der Waals surface area (Å²) in [7, 11) is 0. The van der Waals surface area contributed by atoms with E-state index in [-0.39, 0.29) is 17.3 Å². The van der Waals surface area contributed by atoms with E-state index in [1.807, 2.05) is 12.3 Å². The third-order valence-electron chi connectivity index (χ3n) is 5.64. The molecule has 0 amide bonds. The van der Waals surface area contributed by atoms with Gasteiger partial charge in [0.05, 0.1) is 17.0 Å². The molecule has 2 N–H and O–H groups in total. The fraction of sp³-hybridized carbons (Fsp3) is 0.409. The number of Topliss-reactive ketones (excluding diaryl/α,β-unsaturated/α-hetero) is 1. The number of hydrogen-bond acceptors (Lipinski definition) is 8. The SMILES string of the molecule is Nc1ccncc1CCCC1CCN(c2nccc(/C=C3\SC(=O)CC3=O)n2)CC1. The quantitative estimate of drug-likeness (QED) is 0.558. The number of thioether (sulfide) groups is 1. The van der Waals surface area contributed by atoms with Crippen molar-refractivity contribution in [3.8, 4) is 0 Å². The molecule has 4 heterocycles. The van der Waals surface area contributed by atoms with E-state index < -0.39 is 0 Å². The first-order valence-corrected chi connectivity index (χ1v) is 11.1. The van der Waals surface area contributed by atoms with Crippen molar-refractivity contribution in [2.45, 2.75) is 38.5 Å². The summed E-state index contributed by atoms with van der Waals surface area (Å²) < 4.78 is 0. The Morgan fingerprint density at radius 3 is 2.77 bits per heavy atom. The highest BCUT2D eigenvalue weighted by Crippen LogP contribution is 2.31. The number of anilines is 2. The van der Waals surface area contributed by atoms with Crippen LogP contribution in [0.3, 0.4) is 0 Å². The van der Waals surface area contributed by atoms with Crippen molar-refractivity contribution in [3.63, 3.8) is 0 Å². The minimum atomic E-state index is -0.126. The number of carbonyl (C=O) groups is 2. The van der Waals surface area contributed by atoms with E-state index in [9.17, 15) is 9.59 Å². The number of allylic oxidation sites excluding steroid dienone is 1. The Bertz CT molecular complexity index is 970. The maximum absolute atomic E-state index is 11.8. The van der Waals surface area contributed by atoms with Gasteiger partial charge in [-0.3, -0.25) is 14.6 Å². The first-order chi connectivity index (χ1) is 14.6. The lowest BCUT2D eigenvalue weighted by atomic mass is 9.91. The van der Waals surface area contributed by atoms with Gasteiger partial charge in [0.2, 0.25) is 11.1 Å². The number of nitrogens with two attached hydrogens (primary N) is 1. The molecule has 4 rings (SSSR count). The molecule has 2 fully saturated rings. The van der Waals surface area contributed by atoms with Crippen LogP contribution in [0, 0.1) is 5.92 Å². The fourth-order valence-electron chi connectivity index (χ4n) is 3.92. The van der Waals surface area contributed by atoms with Crippen LogP contribution in [0.4, 0.5) is 11.6 Å². The molecule has 156 valence electrons. The topological polar surface area (TPSA) is 102 Å². The fourth-order valence-corrected chi connectivity index (χ4v) is 4.74. The first kappa shape index (κ1) is 20.5. The minimum Gasteiger partial charge on any atom is -0.398 e. The van der Waals surface area contributed by atoms with Gasteiger partial charge in [-0.25, -0.2) is 9.97 Å². The number of aromatic nitrogens is 3. The van der Waals surface area contributed by atoms with E-state index >= 15 is 0 Å². The molecule has 2 aromatic rings. The second-order valence-electron chi connectivity index (χ2n) is 7.76. The molecule has 0 spiro atoms. The number of pyridine rings is 1. The van der Waals surface area contributed by atoms with Crippen molar-refractivity contribution >= 4 is 40.4 Å². The smallest absolute Gasteiger partial charge is 0.225 e. The number of aryl methyl sites for hydroxylation is 1. The molecular formula is C22H25N5O2S. The van der Waals surface area contributed by atoms with Crippen LogP contribution in [0.2, 0.25) is 0 Å². The van der Waals surface area contributed by atoms with Gasteiger partial charge in [0.15, 0.2) is 5.78 Å². The summed E-state index contributed by atoms with van der Waals surface area (Å²) in [4.78, 5) is 39.1. The van der Waals surface area contributed by atoms with Crippen LogP contribution >= 0.6 is 11.8 Å². The van der Waals surface area contributed by atoms with E-state index in [1.165, 1.54) is 6.42 Å². The number of piperidine rings is 1. The van der Waals surface area contributed by atoms with Crippen LogP contribution in [0.25, 0.3) is 6.08 Å². The molecule has 2 aliphatic rings. The second-order valence-corrected chi connectivity index (χ2v) is 8.86. The van der Waals surface area contributed by atoms with Gasteiger partial charge in [-0.15, -0.1) is 0 Å². The predicted molar refractivity (Wildman–Crippen MR) is 119 cm³/mol. The number of carbonyl (C=O) groups excluding carboxylic acids is 2. The molecule has 7 nitrogen and oxygen atoms in total. The standard InChI is InChI=1S/C22H25N5O2S/c23-18-5-8-24-14-16(18)3-1-2-15-6-10-27(11-7-15)22-25-9-4-17(26-22)12-20-19(28)13-21(29)30-20/h4-5,8-9,12,14-15H,1-3,6-7,10-11,13H2,(H2,23,24)/b20-12-. The van der Waals surface area contributed by atoms with Crippen molar-refractivity contribution in [1.82, 2.24) is 15.0 Å². The molecule has 2 aliphatic heterocycles. The molecule has 8 heteroatoms. The number of ketones is 1. The average molecular weight is 424 g/mol. The molecule has 0 radical (unpaired) electrons. The first-order valence-electron chi connectivity index (χ1n) is 10.3. The summed E-state index contributed by atoms with van der Waals surface area (Å²) in [5.41, 5.74) is 8.63. The van der Waals surface area contributed by atoms with Crippen molar-refractivity contribution in [2.75, 3.05) is 23.7 Å². The maximum atomic E-state index is 11.8. The van der Waals surface area contributed by atoms with E-state index in [4.69, 9.17) is 5.73 Å². The lowest BCUT2D eigenvalue weighted by molar-refractivity contribution is -0.119. The molecule has 30 heavy (non-hydrogen) atoms. The number of nitrogens with zero attached hydrogens (tertiary/aromatic N) is 4. The second kappa shape index (κ2) is 9.38. The largest absolute Gasteiger partial charge is 0.398 e. The average Bonchev–Trinajstić information content (AvgIpc) is 3.07. The summed E-state index contributed by atoms with van der Waals surface area (Å²) in [6, 6.07) is 3.63. The Hall–Kier alpha value is -2.74. The Labute approximate surface area is 180 Å².